The first-order chi connectivity index (χ1) is 12.5. The summed E-state index contributed by atoms with van der Waals surface area (Å²) in [6.07, 6.45) is 4.95. The number of aryl methyl sites for hydroxylation is 1. The van der Waals surface area contributed by atoms with Gasteiger partial charge >= 0.3 is 0 Å². The number of nitrogens with zero attached hydrogens (tertiary/aromatic N) is 4. The number of nitrogens with one attached hydrogen (secondary N) is 2. The smallest absolute Gasteiger partial charge is 0.282 e. The van der Waals surface area contributed by atoms with Gasteiger partial charge in [-0.15, -0.1) is 0 Å². The van der Waals surface area contributed by atoms with Crippen LogP contribution in [0.15, 0.2) is 58.2 Å². The molecule has 1 aromatic carbocycles. The van der Waals surface area contributed by atoms with Crippen molar-refractivity contribution in [3.05, 3.63) is 69.3 Å². The summed E-state index contributed by atoms with van der Waals surface area (Å²) in [5.74, 6) is -0.155. The monoisotopic (exact) mass is 416 g/mol. The van der Waals surface area contributed by atoms with Crippen molar-refractivity contribution >= 4 is 33.2 Å². The van der Waals surface area contributed by atoms with Crippen molar-refractivity contribution in [3.8, 4) is 0 Å². The van der Waals surface area contributed by atoms with Crippen LogP contribution in [-0.2, 0) is 24.9 Å². The first kappa shape index (κ1) is 17.9. The Kier molecular flexibility index (Phi) is 5.47. The molecule has 8 nitrogen and oxygen atoms in total. The molecule has 2 heterocycles. The van der Waals surface area contributed by atoms with Crippen molar-refractivity contribution in [1.82, 2.24) is 19.6 Å². The molecule has 3 rings (SSSR count). The highest BCUT2D eigenvalue weighted by atomic mass is 79.9. The number of aromatic nitrogens is 4. The van der Waals surface area contributed by atoms with Crippen LogP contribution in [0.4, 0.5) is 11.4 Å². The van der Waals surface area contributed by atoms with Gasteiger partial charge in [0.05, 0.1) is 11.9 Å². The van der Waals surface area contributed by atoms with Crippen LogP contribution < -0.4 is 16.2 Å². The number of hydrogen-bond acceptors (Lipinski definition) is 5. The number of carbonyl (C=O) groups excluding carboxylic acids is 1. The number of amides is 1. The number of benzene rings is 1. The maximum atomic E-state index is 12.0. The molecule has 0 aliphatic carbocycles. The molecule has 3 aromatic rings. The van der Waals surface area contributed by atoms with Gasteiger partial charge in [-0.25, -0.2) is 4.68 Å². The van der Waals surface area contributed by atoms with Gasteiger partial charge < -0.3 is 10.6 Å². The van der Waals surface area contributed by atoms with Crippen LogP contribution in [0.25, 0.3) is 0 Å². The molecule has 2 aromatic heterocycles. The highest BCUT2D eigenvalue weighted by Gasteiger charge is 2.07. The summed E-state index contributed by atoms with van der Waals surface area (Å²) in [7, 11) is 1.59. The van der Waals surface area contributed by atoms with Gasteiger partial charge in [0.1, 0.15) is 11.0 Å². The molecule has 2 N–H and O–H groups in total. The second-order valence-corrected chi connectivity index (χ2v) is 6.40. The topological polar surface area (TPSA) is 93.8 Å². The Morgan fingerprint density at radius 2 is 2.12 bits per heavy atom. The van der Waals surface area contributed by atoms with Gasteiger partial charge in [0.2, 0.25) is 5.91 Å². The molecule has 0 radical (unpaired) electrons. The minimum Gasteiger partial charge on any atom is -0.379 e. The van der Waals surface area contributed by atoms with Gasteiger partial charge in [-0.05, 0) is 39.7 Å². The molecule has 0 aliphatic rings. The van der Waals surface area contributed by atoms with E-state index in [1.165, 1.54) is 4.68 Å². The predicted octanol–water partition coefficient (Wildman–Crippen LogP) is 1.99. The lowest BCUT2D eigenvalue weighted by atomic mass is 10.2. The third kappa shape index (κ3) is 4.37. The summed E-state index contributed by atoms with van der Waals surface area (Å²) < 4.78 is 3.24. The SMILES string of the molecule is Cn1ncc(NCc2cccc(NC(=O)Cn3cccn3)c2)c(Br)c1=O. The van der Waals surface area contributed by atoms with E-state index < -0.39 is 0 Å². The van der Waals surface area contributed by atoms with Crippen LogP contribution in [0.3, 0.4) is 0 Å². The van der Waals surface area contributed by atoms with E-state index in [0.29, 0.717) is 22.4 Å². The van der Waals surface area contributed by atoms with Gasteiger partial charge in [-0.2, -0.15) is 10.2 Å². The van der Waals surface area contributed by atoms with Crippen molar-refractivity contribution in [2.45, 2.75) is 13.1 Å². The fourth-order valence-corrected chi connectivity index (χ4v) is 2.83. The number of halogens is 1. The first-order valence-electron chi connectivity index (χ1n) is 7.85. The van der Waals surface area contributed by atoms with Gasteiger partial charge in [0.25, 0.3) is 5.56 Å². The maximum absolute atomic E-state index is 12.0. The van der Waals surface area contributed by atoms with Crippen molar-refractivity contribution in [3.63, 3.8) is 0 Å². The van der Waals surface area contributed by atoms with Crippen LogP contribution in [0.5, 0.6) is 0 Å². The third-order valence-corrected chi connectivity index (χ3v) is 4.40. The zero-order chi connectivity index (χ0) is 18.5. The van der Waals surface area contributed by atoms with E-state index in [1.54, 1.807) is 36.4 Å². The van der Waals surface area contributed by atoms with Gasteiger partial charge in [0, 0.05) is 31.7 Å². The molecule has 0 fully saturated rings. The Hall–Kier alpha value is -2.94. The zero-order valence-corrected chi connectivity index (χ0v) is 15.6. The summed E-state index contributed by atoms with van der Waals surface area (Å²) in [4.78, 5) is 23.9. The fraction of sp³-hybridized carbons (Fsp3) is 0.176. The Balaban J connectivity index is 1.63. The molecule has 0 aliphatic heterocycles. The lowest BCUT2D eigenvalue weighted by Gasteiger charge is -2.10. The van der Waals surface area contributed by atoms with Crippen molar-refractivity contribution in [1.29, 1.82) is 0 Å². The first-order valence-corrected chi connectivity index (χ1v) is 8.64. The summed E-state index contributed by atoms with van der Waals surface area (Å²) in [6.45, 7) is 0.637. The van der Waals surface area contributed by atoms with E-state index in [4.69, 9.17) is 0 Å². The highest BCUT2D eigenvalue weighted by Crippen LogP contribution is 2.18. The van der Waals surface area contributed by atoms with Crippen molar-refractivity contribution in [2.75, 3.05) is 10.6 Å². The fourth-order valence-electron chi connectivity index (χ4n) is 2.33. The molecule has 0 bridgehead atoms. The molecule has 1 amide bonds. The average molecular weight is 417 g/mol. The van der Waals surface area contributed by atoms with E-state index in [9.17, 15) is 9.59 Å². The largest absolute Gasteiger partial charge is 0.379 e. The minimum absolute atomic E-state index is 0.154. The summed E-state index contributed by atoms with van der Waals surface area (Å²) in [5, 5.41) is 14.0. The predicted molar refractivity (Wildman–Crippen MR) is 102 cm³/mol. The number of carbonyl (C=O) groups is 1. The standard InChI is InChI=1S/C17H17BrN6O2/c1-23-17(26)16(18)14(10-21-23)19-9-12-4-2-5-13(8-12)22-15(25)11-24-7-3-6-20-24/h2-8,10,19H,9,11H2,1H3,(H,22,25). The molecule has 9 heteroatoms. The van der Waals surface area contributed by atoms with E-state index in [-0.39, 0.29) is 18.0 Å². The van der Waals surface area contributed by atoms with E-state index in [0.717, 1.165) is 5.56 Å². The molecular formula is C17H17BrN6O2. The van der Waals surface area contributed by atoms with Crippen LogP contribution >= 0.6 is 15.9 Å². The molecular weight excluding hydrogens is 400 g/mol. The molecule has 134 valence electrons. The highest BCUT2D eigenvalue weighted by molar-refractivity contribution is 9.10. The van der Waals surface area contributed by atoms with Gasteiger partial charge in [-0.3, -0.25) is 14.3 Å². The molecule has 0 saturated heterocycles. The summed E-state index contributed by atoms with van der Waals surface area (Å²) >= 11 is 3.28. The van der Waals surface area contributed by atoms with Crippen molar-refractivity contribution in [2.24, 2.45) is 7.05 Å². The Labute approximate surface area is 158 Å². The summed E-state index contributed by atoms with van der Waals surface area (Å²) in [5.41, 5.74) is 2.05. The van der Waals surface area contributed by atoms with Crippen LogP contribution in [0.2, 0.25) is 0 Å². The lowest BCUT2D eigenvalue weighted by molar-refractivity contribution is -0.116. The lowest BCUT2D eigenvalue weighted by Crippen LogP contribution is -2.21. The number of hydrogen-bond donors (Lipinski definition) is 2. The Morgan fingerprint density at radius 1 is 1.27 bits per heavy atom. The minimum atomic E-state index is -0.213. The Morgan fingerprint density at radius 3 is 2.88 bits per heavy atom. The van der Waals surface area contributed by atoms with Crippen LogP contribution in [-0.4, -0.2) is 25.5 Å². The molecule has 0 unspecified atom stereocenters. The zero-order valence-electron chi connectivity index (χ0n) is 14.0. The third-order valence-electron chi connectivity index (χ3n) is 3.64. The quantitative estimate of drug-likeness (QED) is 0.640. The van der Waals surface area contributed by atoms with Crippen molar-refractivity contribution < 1.29 is 4.79 Å². The molecule has 26 heavy (non-hydrogen) atoms. The number of rotatable bonds is 6. The molecule has 0 spiro atoms. The second-order valence-electron chi connectivity index (χ2n) is 5.61. The van der Waals surface area contributed by atoms with Gasteiger partial charge in [0.15, 0.2) is 0 Å². The molecule has 0 saturated carbocycles. The average Bonchev–Trinajstić information content (AvgIpc) is 3.12. The van der Waals surface area contributed by atoms with Crippen LogP contribution in [0, 0.1) is 0 Å². The van der Waals surface area contributed by atoms with E-state index in [1.807, 2.05) is 24.3 Å². The summed E-state index contributed by atoms with van der Waals surface area (Å²) in [6, 6.07) is 9.25. The van der Waals surface area contributed by atoms with E-state index in [2.05, 4.69) is 36.8 Å². The van der Waals surface area contributed by atoms with E-state index >= 15 is 0 Å². The number of anilines is 2. The van der Waals surface area contributed by atoms with Gasteiger partial charge in [-0.1, -0.05) is 12.1 Å². The normalized spacial score (nSPS) is 10.5. The Bertz CT molecular complexity index is 968. The van der Waals surface area contributed by atoms with Crippen LogP contribution in [0.1, 0.15) is 5.56 Å². The second kappa shape index (κ2) is 7.96. The molecule has 0 atom stereocenters. The maximum Gasteiger partial charge on any atom is 0.282 e.